The number of hydrogen-bond donors (Lipinski definition) is 0. The fourth-order valence-corrected chi connectivity index (χ4v) is 1.62. The lowest BCUT2D eigenvalue weighted by atomic mass is 10.2. The fraction of sp³-hybridized carbons (Fsp3) is 0.250. The van der Waals surface area contributed by atoms with Crippen LogP contribution in [0.2, 0.25) is 0 Å². The number of pyridine rings is 1. The molecule has 0 spiro atoms. The molecule has 0 aliphatic heterocycles. The van der Waals surface area contributed by atoms with Gasteiger partial charge in [-0.3, -0.25) is 4.98 Å². The third kappa shape index (κ3) is 2.63. The van der Waals surface area contributed by atoms with Crippen LogP contribution < -0.4 is 4.74 Å². The normalized spacial score (nSPS) is 10.5. The van der Waals surface area contributed by atoms with Crippen LogP contribution in [0.15, 0.2) is 36.5 Å². The van der Waals surface area contributed by atoms with Gasteiger partial charge in [0.15, 0.2) is 0 Å². The maximum Gasteiger partial charge on any atom is 0.138 e. The summed E-state index contributed by atoms with van der Waals surface area (Å²) in [5, 5.41) is 1.12. The lowest BCUT2D eigenvalue weighted by Crippen LogP contribution is -1.99. The van der Waals surface area contributed by atoms with Crippen LogP contribution in [0, 0.1) is 0 Å². The summed E-state index contributed by atoms with van der Waals surface area (Å²) in [6.45, 7) is 0.737. The molecule has 0 fully saturated rings. The van der Waals surface area contributed by atoms with Crippen LogP contribution in [0.1, 0.15) is 0 Å². The Balaban J connectivity index is 2.16. The highest BCUT2D eigenvalue weighted by molar-refractivity contribution is 7.98. The average molecular weight is 219 g/mol. The lowest BCUT2D eigenvalue weighted by molar-refractivity contribution is 0.343. The molecule has 0 bridgehead atoms. The predicted molar refractivity (Wildman–Crippen MR) is 65.6 cm³/mol. The van der Waals surface area contributed by atoms with E-state index in [2.05, 4.69) is 11.2 Å². The molecule has 15 heavy (non-hydrogen) atoms. The number of rotatable bonds is 4. The van der Waals surface area contributed by atoms with Crippen molar-refractivity contribution in [2.24, 2.45) is 0 Å². The Morgan fingerprint density at radius 3 is 3.07 bits per heavy atom. The quantitative estimate of drug-likeness (QED) is 0.738. The molecule has 0 aliphatic rings. The zero-order valence-electron chi connectivity index (χ0n) is 8.64. The largest absolute Gasteiger partial charge is 0.491 e. The van der Waals surface area contributed by atoms with Gasteiger partial charge in [0.1, 0.15) is 5.75 Å². The zero-order chi connectivity index (χ0) is 10.5. The molecule has 0 atom stereocenters. The molecule has 0 radical (unpaired) electrons. The first kappa shape index (κ1) is 10.3. The number of para-hydroxylation sites is 1. The lowest BCUT2D eigenvalue weighted by Gasteiger charge is -2.05. The summed E-state index contributed by atoms with van der Waals surface area (Å²) in [6, 6.07) is 10.1. The van der Waals surface area contributed by atoms with Crippen molar-refractivity contribution < 1.29 is 4.74 Å². The van der Waals surface area contributed by atoms with Crippen LogP contribution in [-0.2, 0) is 0 Å². The second-order valence-corrected chi connectivity index (χ2v) is 4.19. The third-order valence-corrected chi connectivity index (χ3v) is 2.70. The summed E-state index contributed by atoms with van der Waals surface area (Å²) in [5.74, 6) is 1.86. The summed E-state index contributed by atoms with van der Waals surface area (Å²) in [4.78, 5) is 4.33. The summed E-state index contributed by atoms with van der Waals surface area (Å²) < 4.78 is 5.57. The van der Waals surface area contributed by atoms with Crippen LogP contribution in [0.4, 0.5) is 0 Å². The molecule has 0 N–H and O–H groups in total. The Bertz CT molecular complexity index is 444. The van der Waals surface area contributed by atoms with Crippen LogP contribution in [0.25, 0.3) is 10.9 Å². The molecule has 1 aromatic carbocycles. The van der Waals surface area contributed by atoms with E-state index in [0.717, 1.165) is 29.0 Å². The molecule has 2 nitrogen and oxygen atoms in total. The molecule has 78 valence electrons. The minimum absolute atomic E-state index is 0.737. The summed E-state index contributed by atoms with van der Waals surface area (Å²) >= 11 is 1.78. The van der Waals surface area contributed by atoms with E-state index in [1.54, 1.807) is 18.0 Å². The Labute approximate surface area is 93.7 Å². The first-order valence-electron chi connectivity index (χ1n) is 4.86. The molecule has 0 amide bonds. The Morgan fingerprint density at radius 1 is 1.33 bits per heavy atom. The van der Waals surface area contributed by atoms with Crippen LogP contribution in [0.5, 0.6) is 5.75 Å². The minimum atomic E-state index is 0.737. The highest BCUT2D eigenvalue weighted by Gasteiger charge is 1.97. The van der Waals surface area contributed by atoms with Gasteiger partial charge in [-0.2, -0.15) is 11.8 Å². The van der Waals surface area contributed by atoms with Gasteiger partial charge < -0.3 is 4.74 Å². The number of ether oxygens (including phenoxy) is 1. The van der Waals surface area contributed by atoms with Crippen molar-refractivity contribution in [3.8, 4) is 5.75 Å². The van der Waals surface area contributed by atoms with Crippen molar-refractivity contribution in [1.29, 1.82) is 0 Å². The zero-order valence-corrected chi connectivity index (χ0v) is 9.46. The van der Waals surface area contributed by atoms with Crippen molar-refractivity contribution in [3.05, 3.63) is 36.5 Å². The summed E-state index contributed by atoms with van der Waals surface area (Å²) in [5.41, 5.74) is 1.01. The molecule has 0 saturated carbocycles. The van der Waals surface area contributed by atoms with Crippen LogP contribution >= 0.6 is 11.8 Å². The minimum Gasteiger partial charge on any atom is -0.491 e. The molecule has 0 saturated heterocycles. The smallest absolute Gasteiger partial charge is 0.138 e. The van der Waals surface area contributed by atoms with E-state index in [0.29, 0.717) is 0 Å². The first-order chi connectivity index (χ1) is 7.40. The second kappa shape index (κ2) is 5.03. The molecule has 1 aromatic heterocycles. The number of nitrogens with zero attached hydrogens (tertiary/aromatic N) is 1. The van der Waals surface area contributed by atoms with Gasteiger partial charge >= 0.3 is 0 Å². The number of aromatic nitrogens is 1. The van der Waals surface area contributed by atoms with Crippen molar-refractivity contribution in [3.63, 3.8) is 0 Å². The molecule has 0 aliphatic carbocycles. The summed E-state index contributed by atoms with van der Waals surface area (Å²) in [7, 11) is 0. The first-order valence-corrected chi connectivity index (χ1v) is 6.26. The van der Waals surface area contributed by atoms with Gasteiger partial charge in [-0.05, 0) is 18.4 Å². The molecule has 0 unspecified atom stereocenters. The van der Waals surface area contributed by atoms with E-state index in [1.807, 2.05) is 30.3 Å². The second-order valence-electron chi connectivity index (χ2n) is 3.20. The molecule has 2 rings (SSSR count). The van der Waals surface area contributed by atoms with Gasteiger partial charge in [0.2, 0.25) is 0 Å². The fourth-order valence-electron chi connectivity index (χ4n) is 1.37. The van der Waals surface area contributed by atoms with E-state index in [4.69, 9.17) is 4.74 Å². The maximum atomic E-state index is 5.57. The molecule has 1 heterocycles. The van der Waals surface area contributed by atoms with Gasteiger partial charge in [-0.15, -0.1) is 0 Å². The Kier molecular flexibility index (Phi) is 3.45. The number of fused-ring (bicyclic) bond motifs is 1. The molecule has 2 aromatic rings. The van der Waals surface area contributed by atoms with Crippen molar-refractivity contribution in [1.82, 2.24) is 4.98 Å². The standard InChI is InChI=1S/C12H13NOS/c1-15-7-6-14-11-8-10-4-2-3-5-12(10)13-9-11/h2-5,8-9H,6-7H2,1H3. The monoisotopic (exact) mass is 219 g/mol. The molecular weight excluding hydrogens is 206 g/mol. The van der Waals surface area contributed by atoms with Crippen molar-refractivity contribution in [2.75, 3.05) is 18.6 Å². The van der Waals surface area contributed by atoms with Crippen LogP contribution in [0.3, 0.4) is 0 Å². The molecular formula is C12H13NOS. The van der Waals surface area contributed by atoms with E-state index in [9.17, 15) is 0 Å². The van der Waals surface area contributed by atoms with Crippen LogP contribution in [-0.4, -0.2) is 23.6 Å². The van der Waals surface area contributed by atoms with E-state index < -0.39 is 0 Å². The SMILES string of the molecule is CSCCOc1cnc2ccccc2c1. The van der Waals surface area contributed by atoms with Crippen molar-refractivity contribution in [2.45, 2.75) is 0 Å². The Morgan fingerprint density at radius 2 is 2.20 bits per heavy atom. The van der Waals surface area contributed by atoms with Gasteiger partial charge in [0.05, 0.1) is 18.3 Å². The number of thioether (sulfide) groups is 1. The van der Waals surface area contributed by atoms with E-state index in [1.165, 1.54) is 0 Å². The molecule has 3 heteroatoms. The average Bonchev–Trinajstić information content (AvgIpc) is 2.29. The number of benzene rings is 1. The van der Waals surface area contributed by atoms with Gasteiger partial charge in [-0.1, -0.05) is 18.2 Å². The van der Waals surface area contributed by atoms with Gasteiger partial charge in [0, 0.05) is 11.1 Å². The topological polar surface area (TPSA) is 22.1 Å². The predicted octanol–water partition coefficient (Wildman–Crippen LogP) is 2.98. The summed E-state index contributed by atoms with van der Waals surface area (Å²) in [6.07, 6.45) is 3.85. The van der Waals surface area contributed by atoms with Gasteiger partial charge in [-0.25, -0.2) is 0 Å². The highest BCUT2D eigenvalue weighted by Crippen LogP contribution is 2.17. The number of hydrogen-bond acceptors (Lipinski definition) is 3. The maximum absolute atomic E-state index is 5.57. The van der Waals surface area contributed by atoms with E-state index >= 15 is 0 Å². The van der Waals surface area contributed by atoms with Gasteiger partial charge in [0.25, 0.3) is 0 Å². The Hall–Kier alpha value is -1.22. The highest BCUT2D eigenvalue weighted by atomic mass is 32.2. The van der Waals surface area contributed by atoms with E-state index in [-0.39, 0.29) is 0 Å². The van der Waals surface area contributed by atoms with Crippen molar-refractivity contribution >= 4 is 22.7 Å². The third-order valence-electron chi connectivity index (χ3n) is 2.12.